The minimum Gasteiger partial charge on any atom is -0.331 e. The average Bonchev–Trinajstić information content (AvgIpc) is 2.86. The second kappa shape index (κ2) is 5.98. The fourth-order valence-corrected chi connectivity index (χ4v) is 2.67. The minimum absolute atomic E-state index is 0.551. The Bertz CT molecular complexity index is 497. The zero-order valence-corrected chi connectivity index (χ0v) is 11.7. The van der Waals surface area contributed by atoms with E-state index < -0.39 is 0 Å². The van der Waals surface area contributed by atoms with Crippen LogP contribution >= 0.6 is 11.3 Å². The van der Waals surface area contributed by atoms with Gasteiger partial charge in [-0.05, 0) is 24.0 Å². The topological polar surface area (TPSA) is 50.9 Å². The number of rotatable bonds is 5. The summed E-state index contributed by atoms with van der Waals surface area (Å²) in [7, 11) is 0. The molecule has 0 amide bonds. The predicted octanol–water partition coefficient (Wildman–Crippen LogP) is 3.47. The Morgan fingerprint density at radius 3 is 2.39 bits per heavy atom. The number of nitrogens with zero attached hydrogens (tertiary/aromatic N) is 1. The molecule has 3 N–H and O–H groups in total. The highest BCUT2D eigenvalue weighted by Crippen LogP contribution is 2.28. The van der Waals surface area contributed by atoms with E-state index in [4.69, 9.17) is 5.73 Å². The first-order valence-electron chi connectivity index (χ1n) is 6.31. The molecular weight excluding hydrogens is 242 g/mol. The summed E-state index contributed by atoms with van der Waals surface area (Å²) in [4.78, 5) is 5.46. The Morgan fingerprint density at radius 1 is 1.22 bits per heavy atom. The molecule has 0 saturated carbocycles. The number of thiazole rings is 1. The smallest absolute Gasteiger partial charge is 0.187 e. The van der Waals surface area contributed by atoms with Crippen molar-refractivity contribution in [2.75, 3.05) is 5.32 Å². The van der Waals surface area contributed by atoms with Gasteiger partial charge in [0.2, 0.25) is 0 Å². The molecule has 2 rings (SSSR count). The molecule has 1 heterocycles. The van der Waals surface area contributed by atoms with Crippen LogP contribution in [0.3, 0.4) is 0 Å². The Morgan fingerprint density at radius 2 is 1.89 bits per heavy atom. The number of nitrogens with two attached hydrogens (primary N) is 1. The molecule has 1 aromatic heterocycles. The van der Waals surface area contributed by atoms with Crippen LogP contribution in [0, 0.1) is 0 Å². The normalized spacial score (nSPS) is 10.6. The van der Waals surface area contributed by atoms with Gasteiger partial charge >= 0.3 is 0 Å². The van der Waals surface area contributed by atoms with E-state index in [0.29, 0.717) is 6.54 Å². The van der Waals surface area contributed by atoms with E-state index in [1.165, 1.54) is 16.8 Å². The van der Waals surface area contributed by atoms with Gasteiger partial charge in [-0.2, -0.15) is 0 Å². The van der Waals surface area contributed by atoms with Crippen LogP contribution in [0.5, 0.6) is 0 Å². The van der Waals surface area contributed by atoms with Crippen LogP contribution in [0.4, 0.5) is 10.8 Å². The molecule has 1 aromatic carbocycles. The summed E-state index contributed by atoms with van der Waals surface area (Å²) >= 11 is 1.62. The molecule has 2 aromatic rings. The molecule has 0 atom stereocenters. The Labute approximate surface area is 112 Å². The second-order valence-electron chi connectivity index (χ2n) is 4.12. The van der Waals surface area contributed by atoms with Crippen LogP contribution in [0.25, 0.3) is 0 Å². The maximum absolute atomic E-state index is 5.61. The van der Waals surface area contributed by atoms with Crippen LogP contribution < -0.4 is 11.1 Å². The van der Waals surface area contributed by atoms with E-state index >= 15 is 0 Å². The van der Waals surface area contributed by atoms with Crippen LogP contribution in [-0.4, -0.2) is 4.98 Å². The van der Waals surface area contributed by atoms with Crippen LogP contribution in [0.2, 0.25) is 0 Å². The molecule has 0 aliphatic heterocycles. The van der Waals surface area contributed by atoms with Gasteiger partial charge in [0.25, 0.3) is 0 Å². The molecule has 0 unspecified atom stereocenters. The fraction of sp³-hybridized carbons (Fsp3) is 0.357. The largest absolute Gasteiger partial charge is 0.331 e. The number of hydrogen-bond acceptors (Lipinski definition) is 4. The van der Waals surface area contributed by atoms with E-state index in [0.717, 1.165) is 22.9 Å². The molecule has 0 aliphatic rings. The lowest BCUT2D eigenvalue weighted by molar-refractivity contribution is 1.09. The van der Waals surface area contributed by atoms with E-state index in [9.17, 15) is 0 Å². The summed E-state index contributed by atoms with van der Waals surface area (Å²) in [6.45, 7) is 4.90. The molecule has 0 bridgehead atoms. The van der Waals surface area contributed by atoms with Gasteiger partial charge in [0.1, 0.15) is 0 Å². The molecule has 0 fully saturated rings. The number of nitrogens with one attached hydrogen (secondary N) is 1. The van der Waals surface area contributed by atoms with Crippen molar-refractivity contribution in [1.82, 2.24) is 4.98 Å². The van der Waals surface area contributed by atoms with Crippen molar-refractivity contribution in [2.45, 2.75) is 33.2 Å². The predicted molar refractivity (Wildman–Crippen MR) is 78.5 cm³/mol. The van der Waals surface area contributed by atoms with Crippen LogP contribution in [0.15, 0.2) is 24.4 Å². The summed E-state index contributed by atoms with van der Waals surface area (Å²) in [6, 6.07) is 6.45. The quantitative estimate of drug-likeness (QED) is 0.866. The van der Waals surface area contributed by atoms with Crippen molar-refractivity contribution in [1.29, 1.82) is 0 Å². The lowest BCUT2D eigenvalue weighted by Crippen LogP contribution is -1.99. The maximum Gasteiger partial charge on any atom is 0.187 e. The molecule has 18 heavy (non-hydrogen) atoms. The standard InChI is InChI=1S/C14H19N3S/c1-3-10-6-5-7-11(4-2)13(10)17-14-16-9-12(8-15)18-14/h5-7,9H,3-4,8,15H2,1-2H3,(H,16,17). The Hall–Kier alpha value is -1.39. The zero-order valence-electron chi connectivity index (χ0n) is 10.9. The SMILES string of the molecule is CCc1cccc(CC)c1Nc1ncc(CN)s1. The maximum atomic E-state index is 5.61. The molecule has 4 heteroatoms. The number of aromatic nitrogens is 1. The van der Waals surface area contributed by atoms with Crippen molar-refractivity contribution >= 4 is 22.2 Å². The third kappa shape index (κ3) is 2.71. The average molecular weight is 261 g/mol. The Balaban J connectivity index is 2.31. The van der Waals surface area contributed by atoms with Gasteiger partial charge in [0.15, 0.2) is 5.13 Å². The van der Waals surface area contributed by atoms with Gasteiger partial charge in [-0.1, -0.05) is 32.0 Å². The van der Waals surface area contributed by atoms with Gasteiger partial charge in [-0.15, -0.1) is 11.3 Å². The van der Waals surface area contributed by atoms with Gasteiger partial charge in [0, 0.05) is 23.3 Å². The summed E-state index contributed by atoms with van der Waals surface area (Å²) < 4.78 is 0. The number of benzene rings is 1. The minimum atomic E-state index is 0.551. The lowest BCUT2D eigenvalue weighted by atomic mass is 10.0. The van der Waals surface area contributed by atoms with E-state index in [-0.39, 0.29) is 0 Å². The monoisotopic (exact) mass is 261 g/mol. The van der Waals surface area contributed by atoms with Gasteiger partial charge in [-0.3, -0.25) is 0 Å². The van der Waals surface area contributed by atoms with Crippen molar-refractivity contribution < 1.29 is 0 Å². The van der Waals surface area contributed by atoms with Crippen molar-refractivity contribution in [3.05, 3.63) is 40.4 Å². The van der Waals surface area contributed by atoms with Gasteiger partial charge in [0.05, 0.1) is 0 Å². The molecule has 3 nitrogen and oxygen atoms in total. The Kier molecular flexibility index (Phi) is 4.33. The number of anilines is 2. The molecule has 96 valence electrons. The highest BCUT2D eigenvalue weighted by molar-refractivity contribution is 7.15. The van der Waals surface area contributed by atoms with Crippen molar-refractivity contribution in [2.24, 2.45) is 5.73 Å². The third-order valence-corrected chi connectivity index (χ3v) is 3.92. The van der Waals surface area contributed by atoms with Crippen molar-refractivity contribution in [3.63, 3.8) is 0 Å². The van der Waals surface area contributed by atoms with E-state index in [1.807, 2.05) is 6.20 Å². The summed E-state index contributed by atoms with van der Waals surface area (Å²) in [5.74, 6) is 0. The molecule has 0 spiro atoms. The highest BCUT2D eigenvalue weighted by atomic mass is 32.1. The van der Waals surface area contributed by atoms with Crippen LogP contribution in [-0.2, 0) is 19.4 Å². The number of hydrogen-bond donors (Lipinski definition) is 2. The lowest BCUT2D eigenvalue weighted by Gasteiger charge is -2.13. The first kappa shape index (κ1) is 13.1. The first-order valence-corrected chi connectivity index (χ1v) is 7.12. The zero-order chi connectivity index (χ0) is 13.0. The van der Waals surface area contributed by atoms with Gasteiger partial charge in [-0.25, -0.2) is 4.98 Å². The molecular formula is C14H19N3S. The van der Waals surface area contributed by atoms with E-state index in [2.05, 4.69) is 42.3 Å². The van der Waals surface area contributed by atoms with Crippen molar-refractivity contribution in [3.8, 4) is 0 Å². The summed E-state index contributed by atoms with van der Waals surface area (Å²) in [6.07, 6.45) is 3.88. The number of aryl methyl sites for hydroxylation is 2. The van der Waals surface area contributed by atoms with Gasteiger partial charge < -0.3 is 11.1 Å². The molecule has 0 aliphatic carbocycles. The molecule has 0 radical (unpaired) electrons. The first-order chi connectivity index (χ1) is 8.78. The third-order valence-electron chi connectivity index (χ3n) is 2.99. The summed E-state index contributed by atoms with van der Waals surface area (Å²) in [5, 5.41) is 4.37. The highest BCUT2D eigenvalue weighted by Gasteiger charge is 2.08. The summed E-state index contributed by atoms with van der Waals surface area (Å²) in [5.41, 5.74) is 9.48. The number of para-hydroxylation sites is 1. The van der Waals surface area contributed by atoms with E-state index in [1.54, 1.807) is 11.3 Å². The fourth-order valence-electron chi connectivity index (χ4n) is 1.97. The van der Waals surface area contributed by atoms with Crippen LogP contribution in [0.1, 0.15) is 29.9 Å². The molecule has 0 saturated heterocycles. The second-order valence-corrected chi connectivity index (χ2v) is 5.23.